The first-order valence-corrected chi connectivity index (χ1v) is 9.91. The number of phenolic OH excluding ortho intramolecular Hbond substituents is 1. The van der Waals surface area contributed by atoms with Gasteiger partial charge in [0.1, 0.15) is 11.5 Å². The van der Waals surface area contributed by atoms with Crippen molar-refractivity contribution in [1.29, 1.82) is 0 Å². The highest BCUT2D eigenvalue weighted by Crippen LogP contribution is 2.25. The van der Waals surface area contributed by atoms with Crippen molar-refractivity contribution in [3.05, 3.63) is 54.1 Å². The van der Waals surface area contributed by atoms with E-state index in [9.17, 15) is 9.90 Å². The zero-order valence-corrected chi connectivity index (χ0v) is 16.9. The van der Waals surface area contributed by atoms with Crippen LogP contribution in [0.3, 0.4) is 0 Å². The Bertz CT molecular complexity index is 1000. The largest absolute Gasteiger partial charge is 0.507 e. The van der Waals surface area contributed by atoms with Crippen molar-refractivity contribution in [3.8, 4) is 22.9 Å². The van der Waals surface area contributed by atoms with Crippen LogP contribution in [0, 0.1) is 0 Å². The Kier molecular flexibility index (Phi) is 6.85. The summed E-state index contributed by atoms with van der Waals surface area (Å²) < 4.78 is 7.13. The summed E-state index contributed by atoms with van der Waals surface area (Å²) >= 11 is 1.28. The van der Waals surface area contributed by atoms with E-state index in [1.807, 2.05) is 35.8 Å². The quantitative estimate of drug-likeness (QED) is 0.336. The predicted octanol–water partition coefficient (Wildman–Crippen LogP) is 2.92. The first kappa shape index (κ1) is 20.4. The molecule has 0 unspecified atom stereocenters. The van der Waals surface area contributed by atoms with Crippen LogP contribution < -0.4 is 10.2 Å². The number of carbonyl (C=O) groups is 1. The predicted molar refractivity (Wildman–Crippen MR) is 112 cm³/mol. The van der Waals surface area contributed by atoms with Crippen molar-refractivity contribution in [2.75, 3.05) is 12.9 Å². The van der Waals surface area contributed by atoms with Crippen molar-refractivity contribution in [3.63, 3.8) is 0 Å². The molecule has 0 aliphatic heterocycles. The lowest BCUT2D eigenvalue weighted by Gasteiger charge is -2.07. The number of hydrogen-bond acceptors (Lipinski definition) is 7. The monoisotopic (exact) mass is 411 g/mol. The van der Waals surface area contributed by atoms with Crippen LogP contribution in [0.25, 0.3) is 11.4 Å². The second-order valence-corrected chi connectivity index (χ2v) is 6.86. The molecule has 8 nitrogen and oxygen atoms in total. The maximum atomic E-state index is 12.1. The summed E-state index contributed by atoms with van der Waals surface area (Å²) in [7, 11) is 1.62. The Morgan fingerprint density at radius 2 is 2.00 bits per heavy atom. The number of thioether (sulfide) groups is 1. The number of phenols is 1. The van der Waals surface area contributed by atoms with Gasteiger partial charge in [0.05, 0.1) is 19.1 Å². The van der Waals surface area contributed by atoms with Gasteiger partial charge in [0.25, 0.3) is 5.91 Å². The van der Waals surface area contributed by atoms with Gasteiger partial charge in [-0.1, -0.05) is 23.9 Å². The molecule has 9 heteroatoms. The summed E-state index contributed by atoms with van der Waals surface area (Å²) in [4.78, 5) is 12.1. The Morgan fingerprint density at radius 1 is 1.24 bits per heavy atom. The lowest BCUT2D eigenvalue weighted by Crippen LogP contribution is -2.20. The number of hydrogen-bond donors (Lipinski definition) is 2. The minimum absolute atomic E-state index is 0.0991. The summed E-state index contributed by atoms with van der Waals surface area (Å²) in [5.74, 6) is 1.46. The van der Waals surface area contributed by atoms with Gasteiger partial charge in [0.15, 0.2) is 11.0 Å². The number of nitrogens with one attached hydrogen (secondary N) is 1. The molecule has 0 aliphatic carbocycles. The lowest BCUT2D eigenvalue weighted by atomic mass is 10.2. The van der Waals surface area contributed by atoms with Crippen LogP contribution in [0.5, 0.6) is 11.5 Å². The topological polar surface area (TPSA) is 102 Å². The van der Waals surface area contributed by atoms with Crippen LogP contribution in [-0.4, -0.2) is 44.9 Å². The van der Waals surface area contributed by atoms with Gasteiger partial charge in [0.2, 0.25) is 0 Å². The summed E-state index contributed by atoms with van der Waals surface area (Å²) in [5.41, 5.74) is 3.89. The van der Waals surface area contributed by atoms with Crippen molar-refractivity contribution < 1.29 is 14.6 Å². The fraction of sp³-hybridized carbons (Fsp3) is 0.200. The number of nitrogens with zero attached hydrogens (tertiary/aromatic N) is 4. The minimum Gasteiger partial charge on any atom is -0.507 e. The summed E-state index contributed by atoms with van der Waals surface area (Å²) in [5, 5.41) is 22.7. The molecule has 150 valence electrons. The van der Waals surface area contributed by atoms with Crippen LogP contribution >= 0.6 is 11.8 Å². The number of amides is 1. The van der Waals surface area contributed by atoms with Crippen LogP contribution in [0.15, 0.2) is 58.8 Å². The number of benzene rings is 2. The standard InChI is InChI=1S/C20H21N5O3S/c1-3-25-19(14-8-10-16(28-2)11-9-14)23-24-20(25)29-13-18(27)22-21-12-15-6-4-5-7-17(15)26/h4-12,26H,3,13H2,1-2H3,(H,22,27). The molecular weight excluding hydrogens is 390 g/mol. The Labute approximate surface area is 172 Å². The highest BCUT2D eigenvalue weighted by molar-refractivity contribution is 7.99. The Hall–Kier alpha value is -3.33. The molecule has 3 aromatic rings. The fourth-order valence-electron chi connectivity index (χ4n) is 2.57. The number of aromatic nitrogens is 3. The molecule has 2 N–H and O–H groups in total. The fourth-order valence-corrected chi connectivity index (χ4v) is 3.36. The molecule has 0 fully saturated rings. The van der Waals surface area contributed by atoms with Crippen molar-refractivity contribution in [2.24, 2.45) is 5.10 Å². The lowest BCUT2D eigenvalue weighted by molar-refractivity contribution is -0.118. The van der Waals surface area contributed by atoms with Gasteiger partial charge in [-0.25, -0.2) is 5.43 Å². The number of ether oxygens (including phenoxy) is 1. The van der Waals surface area contributed by atoms with Crippen molar-refractivity contribution in [1.82, 2.24) is 20.2 Å². The van der Waals surface area contributed by atoms with E-state index in [1.54, 1.807) is 31.4 Å². The molecule has 29 heavy (non-hydrogen) atoms. The molecule has 0 saturated heterocycles. The van der Waals surface area contributed by atoms with E-state index in [-0.39, 0.29) is 17.4 Å². The maximum Gasteiger partial charge on any atom is 0.250 e. The van der Waals surface area contributed by atoms with Crippen LogP contribution in [0.4, 0.5) is 0 Å². The maximum absolute atomic E-state index is 12.1. The molecule has 0 bridgehead atoms. The molecule has 0 aliphatic rings. The van der Waals surface area contributed by atoms with Crippen LogP contribution in [0.2, 0.25) is 0 Å². The highest BCUT2D eigenvalue weighted by Gasteiger charge is 2.14. The van der Waals surface area contributed by atoms with Gasteiger partial charge in [-0.05, 0) is 43.3 Å². The molecule has 0 atom stereocenters. The second kappa shape index (κ2) is 9.74. The van der Waals surface area contributed by atoms with Crippen molar-refractivity contribution >= 4 is 23.9 Å². The summed E-state index contributed by atoms with van der Waals surface area (Å²) in [6, 6.07) is 14.3. The van der Waals surface area contributed by atoms with E-state index in [4.69, 9.17) is 4.74 Å². The number of rotatable bonds is 8. The van der Waals surface area contributed by atoms with Crippen LogP contribution in [-0.2, 0) is 11.3 Å². The van der Waals surface area contributed by atoms with E-state index < -0.39 is 0 Å². The van der Waals surface area contributed by atoms with Crippen LogP contribution in [0.1, 0.15) is 12.5 Å². The number of aromatic hydroxyl groups is 1. The molecule has 1 amide bonds. The van der Waals surface area contributed by atoms with E-state index in [2.05, 4.69) is 20.7 Å². The molecule has 0 radical (unpaired) electrons. The van der Waals surface area contributed by atoms with Gasteiger partial charge in [0, 0.05) is 17.7 Å². The van der Waals surface area contributed by atoms with Gasteiger partial charge < -0.3 is 14.4 Å². The summed E-state index contributed by atoms with van der Waals surface area (Å²) in [6.45, 7) is 2.67. The smallest absolute Gasteiger partial charge is 0.250 e. The molecule has 1 aromatic heterocycles. The third-order valence-electron chi connectivity index (χ3n) is 4.04. The van der Waals surface area contributed by atoms with E-state index in [0.717, 1.165) is 17.1 Å². The number of carbonyl (C=O) groups excluding carboxylic acids is 1. The first-order chi connectivity index (χ1) is 14.1. The zero-order chi connectivity index (χ0) is 20.6. The van der Waals surface area contributed by atoms with Crippen molar-refractivity contribution in [2.45, 2.75) is 18.6 Å². The molecule has 1 heterocycles. The zero-order valence-electron chi connectivity index (χ0n) is 16.1. The van der Waals surface area contributed by atoms with Gasteiger partial charge in [-0.15, -0.1) is 10.2 Å². The summed E-state index contributed by atoms with van der Waals surface area (Å²) in [6.07, 6.45) is 1.40. The van der Waals surface area contributed by atoms with E-state index in [0.29, 0.717) is 17.3 Å². The molecule has 0 spiro atoms. The Balaban J connectivity index is 1.61. The van der Waals surface area contributed by atoms with E-state index in [1.165, 1.54) is 18.0 Å². The molecule has 0 saturated carbocycles. The number of methoxy groups -OCH3 is 1. The minimum atomic E-state index is -0.279. The highest BCUT2D eigenvalue weighted by atomic mass is 32.2. The Morgan fingerprint density at radius 3 is 2.69 bits per heavy atom. The van der Waals surface area contributed by atoms with Gasteiger partial charge in [-0.2, -0.15) is 5.10 Å². The number of hydrazone groups is 1. The first-order valence-electron chi connectivity index (χ1n) is 8.92. The normalized spacial score (nSPS) is 11.0. The SMILES string of the molecule is CCn1c(SCC(=O)NN=Cc2ccccc2O)nnc1-c1ccc(OC)cc1. The molecule has 3 rings (SSSR count). The van der Waals surface area contributed by atoms with E-state index >= 15 is 0 Å². The average molecular weight is 411 g/mol. The van der Waals surface area contributed by atoms with Gasteiger partial charge in [-0.3, -0.25) is 4.79 Å². The molecular formula is C20H21N5O3S. The van der Waals surface area contributed by atoms with Gasteiger partial charge >= 0.3 is 0 Å². The average Bonchev–Trinajstić information content (AvgIpc) is 3.16. The second-order valence-electron chi connectivity index (χ2n) is 5.92. The third-order valence-corrected chi connectivity index (χ3v) is 5.01. The third kappa shape index (κ3) is 5.14. The number of para-hydroxylation sites is 1. The molecule has 2 aromatic carbocycles.